The second-order valence-electron chi connectivity index (χ2n) is 4.46. The molecule has 0 bridgehead atoms. The minimum atomic E-state index is -0.305. The first-order valence-corrected chi connectivity index (χ1v) is 6.21. The number of esters is 1. The number of aryl methyl sites for hydroxylation is 1. The molecule has 0 spiro atoms. The summed E-state index contributed by atoms with van der Waals surface area (Å²) in [5.41, 5.74) is 3.49. The van der Waals surface area contributed by atoms with Crippen LogP contribution in [-0.4, -0.2) is 5.97 Å². The van der Waals surface area contributed by atoms with E-state index in [0.717, 1.165) is 12.2 Å². The van der Waals surface area contributed by atoms with Gasteiger partial charge in [-0.25, -0.2) is 0 Å². The number of nitrogens with one attached hydrogen (secondary N) is 1. The number of carbonyl (C=O) groups is 1. The molecule has 0 aliphatic rings. The van der Waals surface area contributed by atoms with E-state index in [1.165, 1.54) is 18.1 Å². The normalized spacial score (nSPS) is 10.0. The lowest BCUT2D eigenvalue weighted by Crippen LogP contribution is -2.02. The Hall–Kier alpha value is -2.29. The van der Waals surface area contributed by atoms with Crippen LogP contribution in [0.3, 0.4) is 0 Å². The van der Waals surface area contributed by atoms with Gasteiger partial charge >= 0.3 is 5.97 Å². The van der Waals surface area contributed by atoms with Crippen LogP contribution in [0.4, 0.5) is 5.69 Å². The van der Waals surface area contributed by atoms with Gasteiger partial charge in [-0.15, -0.1) is 0 Å². The molecule has 0 unspecified atom stereocenters. The lowest BCUT2D eigenvalue weighted by atomic mass is 10.1. The highest BCUT2D eigenvalue weighted by Crippen LogP contribution is 2.16. The Morgan fingerprint density at radius 3 is 2.53 bits per heavy atom. The lowest BCUT2D eigenvalue weighted by molar-refractivity contribution is -0.131. The Morgan fingerprint density at radius 1 is 1.16 bits per heavy atom. The van der Waals surface area contributed by atoms with Gasteiger partial charge in [0.05, 0.1) is 0 Å². The predicted octanol–water partition coefficient (Wildman–Crippen LogP) is 3.53. The molecule has 0 heterocycles. The summed E-state index contributed by atoms with van der Waals surface area (Å²) in [6.07, 6.45) is 0. The van der Waals surface area contributed by atoms with Crippen LogP contribution in [0.15, 0.2) is 48.5 Å². The van der Waals surface area contributed by atoms with E-state index in [9.17, 15) is 4.79 Å². The summed E-state index contributed by atoms with van der Waals surface area (Å²) in [7, 11) is 0. The van der Waals surface area contributed by atoms with Gasteiger partial charge in [0, 0.05) is 19.2 Å². The molecular formula is C16H17NO2. The molecule has 0 amide bonds. The van der Waals surface area contributed by atoms with Gasteiger partial charge in [0.15, 0.2) is 0 Å². The molecule has 2 aromatic carbocycles. The van der Waals surface area contributed by atoms with Crippen molar-refractivity contribution in [3.63, 3.8) is 0 Å². The molecule has 2 aromatic rings. The fourth-order valence-electron chi connectivity index (χ4n) is 1.83. The minimum Gasteiger partial charge on any atom is -0.427 e. The zero-order chi connectivity index (χ0) is 13.7. The summed E-state index contributed by atoms with van der Waals surface area (Å²) in [5, 5.41) is 3.33. The minimum absolute atomic E-state index is 0.305. The first kappa shape index (κ1) is 13.1. The molecule has 0 aliphatic heterocycles. The van der Waals surface area contributed by atoms with Crippen LogP contribution in [0.1, 0.15) is 18.1 Å². The fourth-order valence-corrected chi connectivity index (χ4v) is 1.83. The molecule has 0 saturated carbocycles. The van der Waals surface area contributed by atoms with E-state index in [2.05, 4.69) is 36.5 Å². The van der Waals surface area contributed by atoms with Crippen LogP contribution in [0.25, 0.3) is 0 Å². The Balaban J connectivity index is 1.94. The van der Waals surface area contributed by atoms with Crippen molar-refractivity contribution in [2.45, 2.75) is 20.4 Å². The van der Waals surface area contributed by atoms with Crippen LogP contribution < -0.4 is 10.1 Å². The van der Waals surface area contributed by atoms with Crippen molar-refractivity contribution < 1.29 is 9.53 Å². The lowest BCUT2D eigenvalue weighted by Gasteiger charge is -2.08. The zero-order valence-corrected chi connectivity index (χ0v) is 11.1. The Morgan fingerprint density at radius 2 is 1.89 bits per heavy atom. The van der Waals surface area contributed by atoms with Gasteiger partial charge in [0.2, 0.25) is 0 Å². The van der Waals surface area contributed by atoms with Gasteiger partial charge in [-0.1, -0.05) is 29.8 Å². The van der Waals surface area contributed by atoms with Gasteiger partial charge in [-0.05, 0) is 36.8 Å². The van der Waals surface area contributed by atoms with Crippen molar-refractivity contribution in [1.82, 2.24) is 0 Å². The molecule has 0 saturated heterocycles. The second kappa shape index (κ2) is 6.05. The topological polar surface area (TPSA) is 38.3 Å². The third-order valence-corrected chi connectivity index (χ3v) is 2.70. The van der Waals surface area contributed by atoms with Crippen LogP contribution in [-0.2, 0) is 11.3 Å². The molecule has 1 N–H and O–H groups in total. The average Bonchev–Trinajstić information content (AvgIpc) is 2.37. The van der Waals surface area contributed by atoms with Gasteiger partial charge < -0.3 is 10.1 Å². The SMILES string of the molecule is CC(=O)Oc1ccc(NCc2cccc(C)c2)cc1. The highest BCUT2D eigenvalue weighted by atomic mass is 16.5. The number of ether oxygens (including phenoxy) is 1. The average molecular weight is 255 g/mol. The molecule has 3 heteroatoms. The molecule has 98 valence electrons. The molecule has 0 atom stereocenters. The van der Waals surface area contributed by atoms with Gasteiger partial charge in [0.25, 0.3) is 0 Å². The van der Waals surface area contributed by atoms with Crippen molar-refractivity contribution >= 4 is 11.7 Å². The summed E-state index contributed by atoms with van der Waals surface area (Å²) in [4.78, 5) is 10.8. The Bertz CT molecular complexity index is 561. The Labute approximate surface area is 113 Å². The molecule has 0 aliphatic carbocycles. The molecule has 19 heavy (non-hydrogen) atoms. The van der Waals surface area contributed by atoms with E-state index in [1.807, 2.05) is 12.1 Å². The van der Waals surface area contributed by atoms with Crippen molar-refractivity contribution in [2.75, 3.05) is 5.32 Å². The molecular weight excluding hydrogens is 238 g/mol. The van der Waals surface area contributed by atoms with Crippen LogP contribution in [0.5, 0.6) is 5.75 Å². The maximum atomic E-state index is 10.8. The van der Waals surface area contributed by atoms with E-state index < -0.39 is 0 Å². The number of carbonyl (C=O) groups excluding carboxylic acids is 1. The van der Waals surface area contributed by atoms with E-state index in [4.69, 9.17) is 4.74 Å². The largest absolute Gasteiger partial charge is 0.427 e. The standard InChI is InChI=1S/C16H17NO2/c1-12-4-3-5-14(10-12)11-17-15-6-8-16(9-7-15)19-13(2)18/h3-10,17H,11H2,1-2H3. The monoisotopic (exact) mass is 255 g/mol. The summed E-state index contributed by atoms with van der Waals surface area (Å²) in [6, 6.07) is 15.7. The van der Waals surface area contributed by atoms with Crippen LogP contribution >= 0.6 is 0 Å². The van der Waals surface area contributed by atoms with E-state index in [0.29, 0.717) is 5.75 Å². The number of anilines is 1. The van der Waals surface area contributed by atoms with Gasteiger partial charge in [0.1, 0.15) is 5.75 Å². The summed E-state index contributed by atoms with van der Waals surface area (Å²) >= 11 is 0. The van der Waals surface area contributed by atoms with Crippen molar-refractivity contribution in [3.05, 3.63) is 59.7 Å². The van der Waals surface area contributed by atoms with Crippen molar-refractivity contribution in [1.29, 1.82) is 0 Å². The molecule has 3 nitrogen and oxygen atoms in total. The maximum Gasteiger partial charge on any atom is 0.308 e. The zero-order valence-electron chi connectivity index (χ0n) is 11.1. The molecule has 0 radical (unpaired) electrons. The van der Waals surface area contributed by atoms with E-state index >= 15 is 0 Å². The first-order chi connectivity index (χ1) is 9.13. The highest BCUT2D eigenvalue weighted by molar-refractivity contribution is 5.69. The van der Waals surface area contributed by atoms with Crippen molar-refractivity contribution in [3.8, 4) is 5.75 Å². The fraction of sp³-hybridized carbons (Fsp3) is 0.188. The van der Waals surface area contributed by atoms with Crippen LogP contribution in [0, 0.1) is 6.92 Å². The first-order valence-electron chi connectivity index (χ1n) is 6.21. The van der Waals surface area contributed by atoms with E-state index in [-0.39, 0.29) is 5.97 Å². The number of benzene rings is 2. The summed E-state index contributed by atoms with van der Waals surface area (Å²) < 4.78 is 4.98. The third-order valence-electron chi connectivity index (χ3n) is 2.70. The Kier molecular flexibility index (Phi) is 4.18. The summed E-state index contributed by atoms with van der Waals surface area (Å²) in [6.45, 7) is 4.25. The van der Waals surface area contributed by atoms with Crippen LogP contribution in [0.2, 0.25) is 0 Å². The number of hydrogen-bond donors (Lipinski definition) is 1. The van der Waals surface area contributed by atoms with Gasteiger partial charge in [-0.3, -0.25) is 4.79 Å². The third kappa shape index (κ3) is 4.14. The summed E-state index contributed by atoms with van der Waals surface area (Å²) in [5.74, 6) is 0.258. The van der Waals surface area contributed by atoms with Crippen molar-refractivity contribution in [2.24, 2.45) is 0 Å². The predicted molar refractivity (Wildman–Crippen MR) is 76.3 cm³/mol. The van der Waals surface area contributed by atoms with Gasteiger partial charge in [-0.2, -0.15) is 0 Å². The molecule has 0 fully saturated rings. The number of rotatable bonds is 4. The second-order valence-corrected chi connectivity index (χ2v) is 4.46. The van der Waals surface area contributed by atoms with E-state index in [1.54, 1.807) is 12.1 Å². The maximum absolute atomic E-state index is 10.8. The molecule has 2 rings (SSSR count). The molecule has 0 aromatic heterocycles. The highest BCUT2D eigenvalue weighted by Gasteiger charge is 1.98. The quantitative estimate of drug-likeness (QED) is 0.671. The number of hydrogen-bond acceptors (Lipinski definition) is 3. The smallest absolute Gasteiger partial charge is 0.308 e.